The predicted molar refractivity (Wildman–Crippen MR) is 111 cm³/mol. The summed E-state index contributed by atoms with van der Waals surface area (Å²) in [6.07, 6.45) is 4.65. The third-order valence-corrected chi connectivity index (χ3v) is 7.15. The van der Waals surface area contributed by atoms with Gasteiger partial charge in [0.1, 0.15) is 5.60 Å². The molecule has 1 aromatic rings. The van der Waals surface area contributed by atoms with Crippen molar-refractivity contribution >= 4 is 21.8 Å². The number of carbonyl (C=O) groups is 1. The van der Waals surface area contributed by atoms with Crippen LogP contribution in [0.25, 0.3) is 0 Å². The number of nitrogens with zero attached hydrogens (tertiary/aromatic N) is 1. The van der Waals surface area contributed by atoms with Gasteiger partial charge in [0, 0.05) is 18.3 Å². The molecule has 1 saturated carbocycles. The van der Waals surface area contributed by atoms with Crippen LogP contribution in [0, 0.1) is 0 Å². The van der Waals surface area contributed by atoms with Gasteiger partial charge in [-0.15, -0.1) is 0 Å². The second-order valence-electron chi connectivity index (χ2n) is 9.04. The van der Waals surface area contributed by atoms with Crippen LogP contribution in [-0.2, 0) is 20.2 Å². The molecule has 0 spiro atoms. The number of piperidine rings is 1. The average Bonchev–Trinajstić information content (AvgIpc) is 2.60. The van der Waals surface area contributed by atoms with Gasteiger partial charge < -0.3 is 9.64 Å². The third kappa shape index (κ3) is 4.62. The van der Waals surface area contributed by atoms with Crippen LogP contribution in [0.2, 0.25) is 0 Å². The zero-order chi connectivity index (χ0) is 20.6. The molecule has 2 fully saturated rings. The summed E-state index contributed by atoms with van der Waals surface area (Å²) >= 11 is 0. The fraction of sp³-hybridized carbons (Fsp3) is 0.667. The number of hydrogen-bond acceptors (Lipinski definition) is 4. The molecule has 1 heterocycles. The van der Waals surface area contributed by atoms with Crippen LogP contribution in [-0.4, -0.2) is 43.4 Å². The van der Waals surface area contributed by atoms with Crippen molar-refractivity contribution in [3.63, 3.8) is 0 Å². The summed E-state index contributed by atoms with van der Waals surface area (Å²) in [6, 6.07) is 7.95. The van der Waals surface area contributed by atoms with Gasteiger partial charge in [0.05, 0.1) is 5.75 Å². The van der Waals surface area contributed by atoms with Crippen molar-refractivity contribution in [3.05, 3.63) is 29.8 Å². The van der Waals surface area contributed by atoms with E-state index in [0.29, 0.717) is 12.2 Å². The number of benzene rings is 1. The molecule has 2 unspecified atom stereocenters. The van der Waals surface area contributed by atoms with Crippen LogP contribution < -0.4 is 4.72 Å². The van der Waals surface area contributed by atoms with Crippen LogP contribution in [0.1, 0.15) is 65.4 Å². The number of likely N-dealkylation sites (tertiary alicyclic amines) is 1. The van der Waals surface area contributed by atoms with Crippen molar-refractivity contribution in [1.82, 2.24) is 4.90 Å². The number of nitrogens with one attached hydrogen (secondary N) is 1. The molecule has 156 valence electrons. The number of ether oxygens (including phenoxy) is 1. The summed E-state index contributed by atoms with van der Waals surface area (Å²) in [5.41, 5.74) is 1.28. The van der Waals surface area contributed by atoms with Crippen molar-refractivity contribution in [3.8, 4) is 0 Å². The third-order valence-electron chi connectivity index (χ3n) is 5.85. The van der Waals surface area contributed by atoms with Crippen LogP contribution in [0.4, 0.5) is 10.5 Å². The van der Waals surface area contributed by atoms with Crippen molar-refractivity contribution < 1.29 is 17.9 Å². The lowest BCUT2D eigenvalue weighted by atomic mass is 9.63. The van der Waals surface area contributed by atoms with Gasteiger partial charge in [-0.3, -0.25) is 4.72 Å². The van der Waals surface area contributed by atoms with Gasteiger partial charge >= 0.3 is 6.09 Å². The van der Waals surface area contributed by atoms with Gasteiger partial charge in [0.15, 0.2) is 0 Å². The Kier molecular flexibility index (Phi) is 5.67. The van der Waals surface area contributed by atoms with Crippen molar-refractivity contribution in [1.29, 1.82) is 0 Å². The first-order chi connectivity index (χ1) is 13.0. The zero-order valence-electron chi connectivity index (χ0n) is 17.3. The van der Waals surface area contributed by atoms with E-state index in [0.717, 1.165) is 37.7 Å². The standard InChI is InChI=1S/C21H32N2O4S/c1-5-28(25,26)22-17-9-6-8-16(14-17)21-11-7-10-18(15-21)23(13-12-21)19(24)27-20(2,3)4/h6,8-9,14,18,22H,5,7,10-13,15H2,1-4H3. The van der Waals surface area contributed by atoms with E-state index in [1.807, 2.05) is 37.8 Å². The van der Waals surface area contributed by atoms with Gasteiger partial charge in [0.25, 0.3) is 0 Å². The van der Waals surface area contributed by atoms with E-state index in [4.69, 9.17) is 4.74 Å². The molecule has 0 aromatic heterocycles. The summed E-state index contributed by atoms with van der Waals surface area (Å²) in [7, 11) is -3.30. The Balaban J connectivity index is 1.80. The highest BCUT2D eigenvalue weighted by Gasteiger charge is 2.45. The monoisotopic (exact) mass is 408 g/mol. The number of sulfonamides is 1. The number of rotatable bonds is 4. The maximum Gasteiger partial charge on any atom is 0.410 e. The van der Waals surface area contributed by atoms with E-state index in [1.165, 1.54) is 0 Å². The van der Waals surface area contributed by atoms with Crippen LogP contribution in [0.3, 0.4) is 0 Å². The van der Waals surface area contributed by atoms with E-state index < -0.39 is 15.6 Å². The molecule has 2 bridgehead atoms. The Hall–Kier alpha value is -1.76. The maximum atomic E-state index is 12.6. The summed E-state index contributed by atoms with van der Waals surface area (Å²) in [5, 5.41) is 0. The smallest absolute Gasteiger partial charge is 0.410 e. The predicted octanol–water partition coefficient (Wildman–Crippen LogP) is 4.27. The van der Waals surface area contributed by atoms with E-state index in [1.54, 1.807) is 13.0 Å². The average molecular weight is 409 g/mol. The molecular formula is C21H32N2O4S. The van der Waals surface area contributed by atoms with E-state index in [9.17, 15) is 13.2 Å². The molecule has 1 N–H and O–H groups in total. The molecule has 7 heteroatoms. The SMILES string of the molecule is CCS(=O)(=O)Nc1cccc(C23CCCC(C2)N(C(=O)OC(C)(C)C)CC3)c1. The Labute approximate surface area is 168 Å². The number of anilines is 1. The lowest BCUT2D eigenvalue weighted by molar-refractivity contribution is -0.00868. The number of fused-ring (bicyclic) bond motifs is 2. The Morgan fingerprint density at radius 1 is 1.32 bits per heavy atom. The molecule has 0 radical (unpaired) electrons. The lowest BCUT2D eigenvalue weighted by Gasteiger charge is -2.50. The van der Waals surface area contributed by atoms with Crippen LogP contribution in [0.15, 0.2) is 24.3 Å². The van der Waals surface area contributed by atoms with Gasteiger partial charge in [-0.2, -0.15) is 0 Å². The topological polar surface area (TPSA) is 75.7 Å². The van der Waals surface area contributed by atoms with Gasteiger partial charge in [-0.25, -0.2) is 13.2 Å². The molecule has 3 rings (SSSR count). The minimum atomic E-state index is -3.30. The molecule has 1 aromatic carbocycles. The van der Waals surface area contributed by atoms with E-state index >= 15 is 0 Å². The van der Waals surface area contributed by atoms with E-state index in [2.05, 4.69) is 10.8 Å². The second-order valence-corrected chi connectivity index (χ2v) is 11.1. The number of amides is 1. The molecule has 1 saturated heterocycles. The highest BCUT2D eigenvalue weighted by molar-refractivity contribution is 7.92. The number of carbonyl (C=O) groups excluding carboxylic acids is 1. The van der Waals surface area contributed by atoms with Crippen LogP contribution in [0.5, 0.6) is 0 Å². The Morgan fingerprint density at radius 2 is 2.07 bits per heavy atom. The van der Waals surface area contributed by atoms with Crippen molar-refractivity contribution in [2.24, 2.45) is 0 Å². The fourth-order valence-corrected chi connectivity index (χ4v) is 5.10. The fourth-order valence-electron chi connectivity index (χ4n) is 4.47. The van der Waals surface area contributed by atoms with Gasteiger partial charge in [-0.05, 0) is 76.5 Å². The normalized spacial score (nSPS) is 25.3. The second kappa shape index (κ2) is 7.58. The first kappa shape index (κ1) is 21.0. The Morgan fingerprint density at radius 3 is 2.75 bits per heavy atom. The summed E-state index contributed by atoms with van der Waals surface area (Å²) in [5.74, 6) is 0.0509. The highest BCUT2D eigenvalue weighted by atomic mass is 32.2. The maximum absolute atomic E-state index is 12.6. The zero-order valence-corrected chi connectivity index (χ0v) is 18.1. The molecule has 1 aliphatic heterocycles. The summed E-state index contributed by atoms with van der Waals surface area (Å²) < 4.78 is 32.1. The van der Waals surface area contributed by atoms with Gasteiger partial charge in [0.2, 0.25) is 10.0 Å². The molecule has 1 amide bonds. The molecule has 6 nitrogen and oxygen atoms in total. The van der Waals surface area contributed by atoms with Gasteiger partial charge in [-0.1, -0.05) is 18.6 Å². The minimum Gasteiger partial charge on any atom is -0.444 e. The van der Waals surface area contributed by atoms with Crippen LogP contribution >= 0.6 is 0 Å². The van der Waals surface area contributed by atoms with E-state index in [-0.39, 0.29) is 23.3 Å². The quantitative estimate of drug-likeness (QED) is 0.807. The first-order valence-electron chi connectivity index (χ1n) is 10.1. The molecular weight excluding hydrogens is 376 g/mol. The highest BCUT2D eigenvalue weighted by Crippen LogP contribution is 2.47. The van der Waals surface area contributed by atoms with Crippen molar-refractivity contribution in [2.45, 2.75) is 76.9 Å². The summed E-state index contributed by atoms with van der Waals surface area (Å²) in [4.78, 5) is 14.5. The summed E-state index contributed by atoms with van der Waals surface area (Å²) in [6.45, 7) is 7.97. The lowest BCUT2D eigenvalue weighted by Crippen LogP contribution is -2.54. The largest absolute Gasteiger partial charge is 0.444 e. The molecule has 2 atom stereocenters. The number of hydrogen-bond donors (Lipinski definition) is 1. The molecule has 1 aliphatic carbocycles. The van der Waals surface area contributed by atoms with Crippen molar-refractivity contribution in [2.75, 3.05) is 17.0 Å². The molecule has 28 heavy (non-hydrogen) atoms. The molecule has 2 aliphatic rings. The minimum absolute atomic E-state index is 0.00487. The Bertz CT molecular complexity index is 831. The first-order valence-corrected chi connectivity index (χ1v) is 11.8.